The highest BCUT2D eigenvalue weighted by molar-refractivity contribution is 7.80. The highest BCUT2D eigenvalue weighted by Crippen LogP contribution is 2.18. The smallest absolute Gasteiger partial charge is 0.257 e. The molecule has 0 heterocycles. The van der Waals surface area contributed by atoms with E-state index in [9.17, 15) is 9.59 Å². The van der Waals surface area contributed by atoms with Crippen LogP contribution in [0.15, 0.2) is 78.9 Å². The second-order valence-corrected chi connectivity index (χ2v) is 8.29. The van der Waals surface area contributed by atoms with Crippen LogP contribution < -0.4 is 10.6 Å². The summed E-state index contributed by atoms with van der Waals surface area (Å²) < 4.78 is 0. The van der Waals surface area contributed by atoms with Gasteiger partial charge in [-0.3, -0.25) is 14.9 Å². The number of benzene rings is 3. The number of hydrogen-bond donors (Lipinski definition) is 2. The fourth-order valence-corrected chi connectivity index (χ4v) is 3.46. The second kappa shape index (κ2) is 10.7. The second-order valence-electron chi connectivity index (χ2n) is 7.88. The number of carbonyl (C=O) groups is 2. The van der Waals surface area contributed by atoms with Gasteiger partial charge in [0, 0.05) is 19.2 Å². The molecule has 3 aromatic rings. The third kappa shape index (κ3) is 6.02. The largest absolute Gasteiger partial charge is 0.337 e. The molecule has 0 aromatic heterocycles. The Labute approximate surface area is 194 Å². The van der Waals surface area contributed by atoms with Crippen LogP contribution in [0.2, 0.25) is 0 Å². The Kier molecular flexibility index (Phi) is 7.73. The van der Waals surface area contributed by atoms with E-state index in [0.717, 1.165) is 11.1 Å². The average Bonchev–Trinajstić information content (AvgIpc) is 2.79. The Morgan fingerprint density at radius 1 is 0.906 bits per heavy atom. The number of nitrogens with zero attached hydrogens (tertiary/aromatic N) is 1. The van der Waals surface area contributed by atoms with Crippen molar-refractivity contribution < 1.29 is 9.59 Å². The fraction of sp³-hybridized carbons (Fsp3) is 0.192. The molecule has 0 saturated heterocycles. The Morgan fingerprint density at radius 3 is 2.19 bits per heavy atom. The van der Waals surface area contributed by atoms with E-state index in [2.05, 4.69) is 24.5 Å². The van der Waals surface area contributed by atoms with Gasteiger partial charge in [-0.2, -0.15) is 0 Å². The molecular formula is C26H27N3O2S. The van der Waals surface area contributed by atoms with E-state index in [1.54, 1.807) is 42.3 Å². The van der Waals surface area contributed by atoms with Crippen LogP contribution >= 0.6 is 12.2 Å². The zero-order valence-corrected chi connectivity index (χ0v) is 19.3. The van der Waals surface area contributed by atoms with Gasteiger partial charge in [0.05, 0.1) is 11.3 Å². The number of rotatable bonds is 6. The fourth-order valence-electron chi connectivity index (χ4n) is 3.26. The van der Waals surface area contributed by atoms with Gasteiger partial charge in [-0.05, 0) is 53.5 Å². The Hall–Kier alpha value is -3.51. The summed E-state index contributed by atoms with van der Waals surface area (Å²) in [6.45, 7) is 4.69. The number of nitrogens with one attached hydrogen (secondary N) is 2. The van der Waals surface area contributed by atoms with Crippen molar-refractivity contribution in [2.75, 3.05) is 12.4 Å². The van der Waals surface area contributed by atoms with E-state index in [4.69, 9.17) is 12.2 Å². The van der Waals surface area contributed by atoms with E-state index >= 15 is 0 Å². The molecule has 3 rings (SSSR count). The SMILES string of the molecule is CC(C)c1ccc(C(=O)NC(=S)Nc2ccccc2C(=O)N(C)Cc2ccccc2)cc1. The molecule has 0 spiro atoms. The number of thiocarbonyl (C=S) groups is 1. The van der Waals surface area contributed by atoms with E-state index in [0.29, 0.717) is 29.3 Å². The molecule has 0 bridgehead atoms. The van der Waals surface area contributed by atoms with Crippen LogP contribution in [-0.4, -0.2) is 28.9 Å². The number of anilines is 1. The molecule has 0 aliphatic carbocycles. The number of amides is 2. The number of hydrogen-bond acceptors (Lipinski definition) is 3. The van der Waals surface area contributed by atoms with Gasteiger partial charge in [-0.25, -0.2) is 0 Å². The van der Waals surface area contributed by atoms with Gasteiger partial charge >= 0.3 is 0 Å². The third-order valence-corrected chi connectivity index (χ3v) is 5.29. The average molecular weight is 446 g/mol. The van der Waals surface area contributed by atoms with Crippen LogP contribution in [0, 0.1) is 0 Å². The van der Waals surface area contributed by atoms with Crippen LogP contribution in [0.5, 0.6) is 0 Å². The minimum Gasteiger partial charge on any atom is -0.337 e. The van der Waals surface area contributed by atoms with E-state index in [1.807, 2.05) is 48.5 Å². The van der Waals surface area contributed by atoms with Crippen molar-refractivity contribution in [3.8, 4) is 0 Å². The van der Waals surface area contributed by atoms with Crippen LogP contribution in [0.25, 0.3) is 0 Å². The zero-order chi connectivity index (χ0) is 23.1. The summed E-state index contributed by atoms with van der Waals surface area (Å²) in [5.41, 5.74) is 3.74. The highest BCUT2D eigenvalue weighted by atomic mass is 32.1. The maximum absolute atomic E-state index is 13.0. The summed E-state index contributed by atoms with van der Waals surface area (Å²) in [7, 11) is 1.76. The molecule has 0 atom stereocenters. The first-order chi connectivity index (χ1) is 15.3. The van der Waals surface area contributed by atoms with Crippen molar-refractivity contribution in [2.45, 2.75) is 26.3 Å². The van der Waals surface area contributed by atoms with E-state index < -0.39 is 0 Å². The lowest BCUT2D eigenvalue weighted by molar-refractivity contribution is 0.0786. The maximum Gasteiger partial charge on any atom is 0.257 e. The van der Waals surface area contributed by atoms with Crippen molar-refractivity contribution >= 4 is 34.8 Å². The molecule has 164 valence electrons. The molecule has 32 heavy (non-hydrogen) atoms. The predicted octanol–water partition coefficient (Wildman–Crippen LogP) is 5.21. The molecule has 0 aliphatic heterocycles. The first-order valence-corrected chi connectivity index (χ1v) is 10.9. The Bertz CT molecular complexity index is 1100. The van der Waals surface area contributed by atoms with Gasteiger partial charge in [-0.1, -0.05) is 68.4 Å². The van der Waals surface area contributed by atoms with Crippen molar-refractivity contribution in [1.29, 1.82) is 0 Å². The predicted molar refractivity (Wildman–Crippen MR) is 133 cm³/mol. The van der Waals surface area contributed by atoms with Gasteiger partial charge in [0.15, 0.2) is 5.11 Å². The molecule has 0 saturated carbocycles. The number of para-hydroxylation sites is 1. The molecule has 0 unspecified atom stereocenters. The molecule has 2 N–H and O–H groups in total. The molecule has 5 nitrogen and oxygen atoms in total. The minimum absolute atomic E-state index is 0.133. The van der Waals surface area contributed by atoms with E-state index in [-0.39, 0.29) is 16.9 Å². The summed E-state index contributed by atoms with van der Waals surface area (Å²) in [5, 5.41) is 5.81. The lowest BCUT2D eigenvalue weighted by Gasteiger charge is -2.20. The Morgan fingerprint density at radius 2 is 1.53 bits per heavy atom. The van der Waals surface area contributed by atoms with Crippen molar-refractivity contribution in [1.82, 2.24) is 10.2 Å². The van der Waals surface area contributed by atoms with Crippen molar-refractivity contribution in [2.24, 2.45) is 0 Å². The van der Waals surface area contributed by atoms with Crippen LogP contribution in [0.3, 0.4) is 0 Å². The number of carbonyl (C=O) groups excluding carboxylic acids is 2. The molecule has 2 amide bonds. The van der Waals surface area contributed by atoms with Crippen LogP contribution in [0.4, 0.5) is 5.69 Å². The van der Waals surface area contributed by atoms with E-state index in [1.165, 1.54) is 0 Å². The standard InChI is InChI=1S/C26H27N3O2S/c1-18(2)20-13-15-21(16-14-20)24(30)28-26(32)27-23-12-8-7-11-22(23)25(31)29(3)17-19-9-5-4-6-10-19/h4-16,18H,17H2,1-3H3,(H2,27,28,30,32). The normalized spacial score (nSPS) is 10.5. The lowest BCUT2D eigenvalue weighted by atomic mass is 10.0. The topological polar surface area (TPSA) is 61.4 Å². The first-order valence-electron chi connectivity index (χ1n) is 10.5. The summed E-state index contributed by atoms with van der Waals surface area (Å²) in [4.78, 5) is 27.2. The van der Waals surface area contributed by atoms with Crippen molar-refractivity contribution in [3.05, 3.63) is 101 Å². The van der Waals surface area contributed by atoms with Crippen LogP contribution in [0.1, 0.15) is 51.6 Å². The summed E-state index contributed by atoms with van der Waals surface area (Å²) in [6.07, 6.45) is 0. The molecule has 0 radical (unpaired) electrons. The summed E-state index contributed by atoms with van der Waals surface area (Å²) >= 11 is 5.33. The quantitative estimate of drug-likeness (QED) is 0.512. The van der Waals surface area contributed by atoms with Gasteiger partial charge in [0.1, 0.15) is 0 Å². The highest BCUT2D eigenvalue weighted by Gasteiger charge is 2.17. The minimum atomic E-state index is -0.303. The molecular weight excluding hydrogens is 418 g/mol. The van der Waals surface area contributed by atoms with Gasteiger partial charge in [0.25, 0.3) is 11.8 Å². The Balaban J connectivity index is 1.66. The van der Waals surface area contributed by atoms with Crippen molar-refractivity contribution in [3.63, 3.8) is 0 Å². The monoisotopic (exact) mass is 445 g/mol. The van der Waals surface area contributed by atoms with Gasteiger partial charge in [-0.15, -0.1) is 0 Å². The lowest BCUT2D eigenvalue weighted by Crippen LogP contribution is -2.35. The summed E-state index contributed by atoms with van der Waals surface area (Å²) in [5.74, 6) is -0.0536. The van der Waals surface area contributed by atoms with Crippen LogP contribution in [-0.2, 0) is 6.54 Å². The molecule has 0 fully saturated rings. The molecule has 3 aromatic carbocycles. The zero-order valence-electron chi connectivity index (χ0n) is 18.5. The molecule has 6 heteroatoms. The summed E-state index contributed by atoms with van der Waals surface area (Å²) in [6, 6.07) is 24.3. The van der Waals surface area contributed by atoms with Gasteiger partial charge < -0.3 is 10.2 Å². The third-order valence-electron chi connectivity index (χ3n) is 5.08. The van der Waals surface area contributed by atoms with Gasteiger partial charge in [0.2, 0.25) is 0 Å². The first kappa shape index (κ1) is 23.2. The maximum atomic E-state index is 13.0. The molecule has 0 aliphatic rings.